The van der Waals surface area contributed by atoms with Crippen molar-refractivity contribution >= 4 is 40.0 Å². The Morgan fingerprint density at radius 2 is 1.30 bits per heavy atom. The van der Waals surface area contributed by atoms with Gasteiger partial charge in [0, 0.05) is 34.8 Å². The molecule has 40 heavy (non-hydrogen) atoms. The Balaban J connectivity index is 0.00000370. The maximum absolute atomic E-state index is 13.3. The van der Waals surface area contributed by atoms with Crippen molar-refractivity contribution in [1.29, 1.82) is 0 Å². The van der Waals surface area contributed by atoms with Gasteiger partial charge in [-0.25, -0.2) is 4.79 Å². The molecule has 0 fully saturated rings. The molecule has 0 bridgehead atoms. The first-order chi connectivity index (χ1) is 19.0. The Hall–Kier alpha value is -3.96. The fraction of sp³-hybridized carbons (Fsp3) is 0.200. The molecular weight excluding hydrogens is 560 g/mol. The molecule has 4 aromatic rings. The van der Waals surface area contributed by atoms with Crippen LogP contribution < -0.4 is 21.9 Å². The molecule has 0 spiro atoms. The monoisotopic (exact) mass is 594 g/mol. The molecule has 0 saturated heterocycles. The quantitative estimate of drug-likeness (QED) is 0.160. The van der Waals surface area contributed by atoms with Crippen LogP contribution in [-0.2, 0) is 14.9 Å². The molecule has 0 unspecified atom stereocenters. The zero-order chi connectivity index (χ0) is 27.4. The van der Waals surface area contributed by atoms with Gasteiger partial charge in [-0.3, -0.25) is 0 Å². The molecular formula is C35H35BrN2O2. The second-order valence-electron chi connectivity index (χ2n) is 10.1. The van der Waals surface area contributed by atoms with Crippen molar-refractivity contribution in [3.05, 3.63) is 126 Å². The number of carbonyl (C=O) groups excluding carboxylic acids is 1. The molecule has 0 amide bonds. The number of ether oxygens (including phenoxy) is 1. The Morgan fingerprint density at radius 1 is 0.775 bits per heavy atom. The highest BCUT2D eigenvalue weighted by Gasteiger charge is 2.44. The summed E-state index contributed by atoms with van der Waals surface area (Å²) in [5.41, 5.74) is 7.83. The zero-order valence-corrected chi connectivity index (χ0v) is 25.1. The Bertz CT molecular complexity index is 1490. The summed E-state index contributed by atoms with van der Waals surface area (Å²) in [5.74, 6) is -0.316. The molecule has 4 nitrogen and oxygen atoms in total. The number of hydrogen-bond acceptors (Lipinski definition) is 3. The van der Waals surface area contributed by atoms with Crippen LogP contribution in [0.4, 0.5) is 22.7 Å². The van der Waals surface area contributed by atoms with E-state index >= 15 is 0 Å². The average Bonchev–Trinajstić information content (AvgIpc) is 3.19. The van der Waals surface area contributed by atoms with Gasteiger partial charge in [-0.1, -0.05) is 66.7 Å². The van der Waals surface area contributed by atoms with Crippen molar-refractivity contribution in [3.8, 4) is 0 Å². The number of carbonyl (C=O) groups is 1. The number of para-hydroxylation sites is 3. The van der Waals surface area contributed by atoms with E-state index in [9.17, 15) is 4.79 Å². The van der Waals surface area contributed by atoms with E-state index in [0.29, 0.717) is 12.2 Å². The first-order valence-electron chi connectivity index (χ1n) is 13.6. The number of fused-ring (bicyclic) bond motifs is 1. The molecule has 0 saturated carbocycles. The third-order valence-electron chi connectivity index (χ3n) is 7.36. The second-order valence-corrected chi connectivity index (χ2v) is 10.1. The predicted molar refractivity (Wildman–Crippen MR) is 161 cm³/mol. The summed E-state index contributed by atoms with van der Waals surface area (Å²) < 4.78 is 7.85. The van der Waals surface area contributed by atoms with Crippen molar-refractivity contribution in [2.45, 2.75) is 33.1 Å². The lowest BCUT2D eigenvalue weighted by Gasteiger charge is -2.25. The van der Waals surface area contributed by atoms with Crippen LogP contribution in [0, 0.1) is 0 Å². The van der Waals surface area contributed by atoms with Crippen molar-refractivity contribution in [1.82, 2.24) is 0 Å². The van der Waals surface area contributed by atoms with Crippen LogP contribution >= 0.6 is 0 Å². The molecule has 0 aromatic heterocycles. The Kier molecular flexibility index (Phi) is 9.06. The Labute approximate surface area is 248 Å². The van der Waals surface area contributed by atoms with Gasteiger partial charge in [-0.05, 0) is 69.7 Å². The van der Waals surface area contributed by atoms with Gasteiger partial charge in [0.05, 0.1) is 17.6 Å². The SMILES string of the molecule is CCOC(=O)/C(=C\C1=[N+](CC)c2ccccc2C1(C)C)c1ccc(N(c2ccccc2)c2ccccc2)cc1.[Br-]. The van der Waals surface area contributed by atoms with Gasteiger partial charge in [0.15, 0.2) is 5.71 Å². The van der Waals surface area contributed by atoms with E-state index in [0.717, 1.165) is 34.9 Å². The standard InChI is InChI=1S/C35H35N2O2.BrH/c1-5-36-32-20-14-13-19-31(32)35(3,4)33(36)25-30(34(38)39-6-2)26-21-23-29(24-22-26)37(27-15-9-7-10-16-27)28-17-11-8-12-18-28;/h7-25H,5-6H2,1-4H3;1H/q+1;/p-1. The number of esters is 1. The summed E-state index contributed by atoms with van der Waals surface area (Å²) in [6, 6.07) is 37.3. The van der Waals surface area contributed by atoms with Gasteiger partial charge < -0.3 is 26.6 Å². The van der Waals surface area contributed by atoms with Gasteiger partial charge in [0.1, 0.15) is 6.54 Å². The lowest BCUT2D eigenvalue weighted by atomic mass is 9.80. The normalized spacial score (nSPS) is 13.8. The van der Waals surface area contributed by atoms with E-state index < -0.39 is 0 Å². The number of rotatable bonds is 8. The van der Waals surface area contributed by atoms with Crippen LogP contribution in [0.25, 0.3) is 5.57 Å². The number of nitrogens with zero attached hydrogens (tertiary/aromatic N) is 2. The average molecular weight is 596 g/mol. The minimum atomic E-state index is -0.316. The molecule has 5 rings (SSSR count). The predicted octanol–water partition coefficient (Wildman–Crippen LogP) is 5.20. The van der Waals surface area contributed by atoms with Crippen LogP contribution in [0.1, 0.15) is 38.8 Å². The van der Waals surface area contributed by atoms with Gasteiger partial charge >= 0.3 is 5.97 Å². The third kappa shape index (κ3) is 5.52. The fourth-order valence-electron chi connectivity index (χ4n) is 5.44. The van der Waals surface area contributed by atoms with Crippen LogP contribution in [-0.4, -0.2) is 29.4 Å². The molecule has 4 aromatic carbocycles. The maximum atomic E-state index is 13.3. The Morgan fingerprint density at radius 3 is 1.85 bits per heavy atom. The first kappa shape index (κ1) is 29.0. The smallest absolute Gasteiger partial charge is 0.338 e. The zero-order valence-electron chi connectivity index (χ0n) is 23.5. The number of benzene rings is 4. The molecule has 5 heteroatoms. The van der Waals surface area contributed by atoms with E-state index in [-0.39, 0.29) is 28.4 Å². The largest absolute Gasteiger partial charge is 1.00 e. The van der Waals surface area contributed by atoms with Crippen molar-refractivity contribution < 1.29 is 31.1 Å². The second kappa shape index (κ2) is 12.5. The van der Waals surface area contributed by atoms with Gasteiger partial charge in [0.25, 0.3) is 0 Å². The first-order valence-corrected chi connectivity index (χ1v) is 13.6. The maximum Gasteiger partial charge on any atom is 0.338 e. The highest BCUT2D eigenvalue weighted by atomic mass is 79.9. The van der Waals surface area contributed by atoms with E-state index in [1.165, 1.54) is 11.3 Å². The lowest BCUT2D eigenvalue weighted by Crippen LogP contribution is -3.00. The molecule has 204 valence electrons. The van der Waals surface area contributed by atoms with Crippen molar-refractivity contribution in [2.75, 3.05) is 18.1 Å². The van der Waals surface area contributed by atoms with Crippen LogP contribution in [0.5, 0.6) is 0 Å². The summed E-state index contributed by atoms with van der Waals surface area (Å²) in [6.45, 7) is 9.56. The lowest BCUT2D eigenvalue weighted by molar-refractivity contribution is -0.433. The summed E-state index contributed by atoms with van der Waals surface area (Å²) in [4.78, 5) is 15.5. The van der Waals surface area contributed by atoms with Crippen LogP contribution in [0.3, 0.4) is 0 Å². The van der Waals surface area contributed by atoms with Gasteiger partial charge in [-0.2, -0.15) is 4.58 Å². The fourth-order valence-corrected chi connectivity index (χ4v) is 5.44. The highest BCUT2D eigenvalue weighted by Crippen LogP contribution is 2.41. The van der Waals surface area contributed by atoms with E-state index in [2.05, 4.69) is 90.9 Å². The topological polar surface area (TPSA) is 32.6 Å². The van der Waals surface area contributed by atoms with E-state index in [4.69, 9.17) is 4.74 Å². The molecule has 1 aliphatic heterocycles. The minimum Gasteiger partial charge on any atom is -1.00 e. The molecule has 0 atom stereocenters. The van der Waals surface area contributed by atoms with Crippen molar-refractivity contribution in [3.63, 3.8) is 0 Å². The summed E-state index contributed by atoms with van der Waals surface area (Å²) in [5, 5.41) is 0. The summed E-state index contributed by atoms with van der Waals surface area (Å²) >= 11 is 0. The molecule has 0 N–H and O–H groups in total. The number of anilines is 3. The molecule has 0 aliphatic carbocycles. The van der Waals surface area contributed by atoms with E-state index in [1.807, 2.05) is 61.5 Å². The van der Waals surface area contributed by atoms with E-state index in [1.54, 1.807) is 0 Å². The summed E-state index contributed by atoms with van der Waals surface area (Å²) in [6.07, 6.45) is 2.03. The van der Waals surface area contributed by atoms with Crippen LogP contribution in [0.2, 0.25) is 0 Å². The molecule has 0 radical (unpaired) electrons. The molecule has 1 aliphatic rings. The molecule has 1 heterocycles. The van der Waals surface area contributed by atoms with Gasteiger partial charge in [0.2, 0.25) is 5.69 Å². The highest BCUT2D eigenvalue weighted by molar-refractivity contribution is 6.23. The minimum absolute atomic E-state index is 0. The summed E-state index contributed by atoms with van der Waals surface area (Å²) in [7, 11) is 0. The van der Waals surface area contributed by atoms with Crippen LogP contribution in [0.15, 0.2) is 115 Å². The number of hydrogen-bond donors (Lipinski definition) is 0. The van der Waals surface area contributed by atoms with Crippen molar-refractivity contribution in [2.24, 2.45) is 0 Å². The number of halogens is 1. The number of allylic oxidation sites excluding steroid dienone is 1. The third-order valence-corrected chi connectivity index (χ3v) is 7.36. The van der Waals surface area contributed by atoms with Gasteiger partial charge in [-0.15, -0.1) is 0 Å².